The summed E-state index contributed by atoms with van der Waals surface area (Å²) < 4.78 is 0. The lowest BCUT2D eigenvalue weighted by Crippen LogP contribution is -1.98. The zero-order valence-electron chi connectivity index (χ0n) is 8.08. The van der Waals surface area contributed by atoms with Crippen LogP contribution in [0.3, 0.4) is 0 Å². The molecule has 0 fully saturated rings. The molecule has 0 aromatic rings. The van der Waals surface area contributed by atoms with E-state index in [0.29, 0.717) is 11.8 Å². The van der Waals surface area contributed by atoms with Gasteiger partial charge in [-0.15, -0.1) is 0 Å². The molecular formula is C10H18O2. The molecule has 0 aromatic heterocycles. The average molecular weight is 170 g/mol. The predicted octanol–water partition coefficient (Wildman–Crippen LogP) is 2.70. The summed E-state index contributed by atoms with van der Waals surface area (Å²) in [6.45, 7) is 6.50. The number of hydrogen-bond donors (Lipinski definition) is 1. The van der Waals surface area contributed by atoms with Crippen molar-refractivity contribution < 1.29 is 9.90 Å². The molecule has 0 bridgehead atoms. The van der Waals surface area contributed by atoms with Crippen LogP contribution in [0.15, 0.2) is 12.2 Å². The molecule has 1 unspecified atom stereocenters. The summed E-state index contributed by atoms with van der Waals surface area (Å²) in [5, 5.41) is 8.32. The molecule has 2 nitrogen and oxygen atoms in total. The molecule has 0 amide bonds. The van der Waals surface area contributed by atoms with Crippen LogP contribution in [-0.2, 0) is 4.79 Å². The minimum atomic E-state index is -0.855. The molecule has 0 aliphatic heterocycles. The van der Waals surface area contributed by atoms with Gasteiger partial charge in [0.05, 0.1) is 0 Å². The zero-order valence-corrected chi connectivity index (χ0v) is 8.08. The van der Waals surface area contributed by atoms with Crippen molar-refractivity contribution in [1.29, 1.82) is 0 Å². The standard InChI is InChI=1S/C10H18O2/c1-8(2)7-9(3)5-4-6-10(11)12/h4,6,8-9H,5,7H2,1-3H3,(H,11,12)/b6-4-. The van der Waals surface area contributed by atoms with Gasteiger partial charge < -0.3 is 5.11 Å². The van der Waals surface area contributed by atoms with Crippen molar-refractivity contribution in [3.63, 3.8) is 0 Å². The van der Waals surface area contributed by atoms with Crippen LogP contribution in [0.5, 0.6) is 0 Å². The van der Waals surface area contributed by atoms with Crippen LogP contribution in [0.25, 0.3) is 0 Å². The third-order valence-corrected chi connectivity index (χ3v) is 1.67. The van der Waals surface area contributed by atoms with Gasteiger partial charge in [0, 0.05) is 6.08 Å². The van der Waals surface area contributed by atoms with Crippen molar-refractivity contribution in [3.05, 3.63) is 12.2 Å². The van der Waals surface area contributed by atoms with Gasteiger partial charge in [-0.1, -0.05) is 26.8 Å². The minimum absolute atomic E-state index is 0.584. The molecule has 0 aliphatic carbocycles. The van der Waals surface area contributed by atoms with Crippen molar-refractivity contribution in [2.75, 3.05) is 0 Å². The maximum Gasteiger partial charge on any atom is 0.327 e. The SMILES string of the molecule is CC(C)CC(C)C/C=C\C(=O)O. The van der Waals surface area contributed by atoms with Gasteiger partial charge in [0.1, 0.15) is 0 Å². The highest BCUT2D eigenvalue weighted by atomic mass is 16.4. The third kappa shape index (κ3) is 7.32. The topological polar surface area (TPSA) is 37.3 Å². The first-order valence-corrected chi connectivity index (χ1v) is 4.41. The number of carbonyl (C=O) groups is 1. The Morgan fingerprint density at radius 1 is 1.42 bits per heavy atom. The average Bonchev–Trinajstić information content (AvgIpc) is 1.84. The molecule has 0 aliphatic rings. The Labute approximate surface area is 74.3 Å². The largest absolute Gasteiger partial charge is 0.478 e. The van der Waals surface area contributed by atoms with Crippen LogP contribution in [0.2, 0.25) is 0 Å². The summed E-state index contributed by atoms with van der Waals surface area (Å²) in [7, 11) is 0. The molecule has 0 radical (unpaired) electrons. The highest BCUT2D eigenvalue weighted by Gasteiger charge is 2.02. The summed E-state index contributed by atoms with van der Waals surface area (Å²) in [4.78, 5) is 10.1. The Balaban J connectivity index is 3.56. The van der Waals surface area contributed by atoms with Crippen molar-refractivity contribution in [2.45, 2.75) is 33.6 Å². The van der Waals surface area contributed by atoms with E-state index >= 15 is 0 Å². The van der Waals surface area contributed by atoms with Gasteiger partial charge in [-0.25, -0.2) is 4.79 Å². The number of allylic oxidation sites excluding steroid dienone is 1. The van der Waals surface area contributed by atoms with Crippen LogP contribution >= 0.6 is 0 Å². The van der Waals surface area contributed by atoms with Gasteiger partial charge in [0.15, 0.2) is 0 Å². The number of aliphatic carboxylic acids is 1. The number of hydrogen-bond acceptors (Lipinski definition) is 1. The molecule has 0 aromatic carbocycles. The molecular weight excluding hydrogens is 152 g/mol. The number of rotatable bonds is 5. The van der Waals surface area contributed by atoms with E-state index in [4.69, 9.17) is 5.11 Å². The van der Waals surface area contributed by atoms with Crippen LogP contribution in [0.1, 0.15) is 33.6 Å². The summed E-state index contributed by atoms with van der Waals surface area (Å²) in [5.74, 6) is 0.422. The van der Waals surface area contributed by atoms with Gasteiger partial charge >= 0.3 is 5.97 Å². The Kier molecular flexibility index (Phi) is 5.43. The first-order chi connectivity index (χ1) is 5.52. The molecule has 0 saturated heterocycles. The Hall–Kier alpha value is -0.790. The highest BCUT2D eigenvalue weighted by Crippen LogP contribution is 2.14. The molecule has 1 atom stereocenters. The van der Waals surface area contributed by atoms with E-state index in [-0.39, 0.29) is 0 Å². The van der Waals surface area contributed by atoms with Crippen LogP contribution in [0.4, 0.5) is 0 Å². The van der Waals surface area contributed by atoms with Crippen molar-refractivity contribution in [2.24, 2.45) is 11.8 Å². The van der Waals surface area contributed by atoms with E-state index in [1.54, 1.807) is 6.08 Å². The molecule has 2 heteroatoms. The summed E-state index contributed by atoms with van der Waals surface area (Å²) >= 11 is 0. The highest BCUT2D eigenvalue weighted by molar-refractivity contribution is 5.79. The van der Waals surface area contributed by atoms with Gasteiger partial charge in [-0.2, -0.15) is 0 Å². The van der Waals surface area contributed by atoms with Gasteiger partial charge in [0.2, 0.25) is 0 Å². The van der Waals surface area contributed by atoms with E-state index < -0.39 is 5.97 Å². The number of carboxylic acids is 1. The Morgan fingerprint density at radius 3 is 2.42 bits per heavy atom. The lowest BCUT2D eigenvalue weighted by Gasteiger charge is -2.10. The van der Waals surface area contributed by atoms with Gasteiger partial charge in [-0.05, 0) is 24.7 Å². The van der Waals surface area contributed by atoms with Crippen LogP contribution in [-0.4, -0.2) is 11.1 Å². The monoisotopic (exact) mass is 170 g/mol. The quantitative estimate of drug-likeness (QED) is 0.644. The zero-order chi connectivity index (χ0) is 9.56. The molecule has 0 saturated carbocycles. The molecule has 0 rings (SSSR count). The molecule has 1 N–H and O–H groups in total. The normalized spacial score (nSPS) is 14.0. The molecule has 70 valence electrons. The van der Waals surface area contributed by atoms with Crippen molar-refractivity contribution in [3.8, 4) is 0 Å². The summed E-state index contributed by atoms with van der Waals surface area (Å²) in [5.41, 5.74) is 0. The second-order valence-electron chi connectivity index (χ2n) is 3.71. The van der Waals surface area contributed by atoms with E-state index in [9.17, 15) is 4.79 Å². The predicted molar refractivity (Wildman–Crippen MR) is 50.0 cm³/mol. The Morgan fingerprint density at radius 2 is 2.00 bits per heavy atom. The van der Waals surface area contributed by atoms with E-state index in [0.717, 1.165) is 12.8 Å². The van der Waals surface area contributed by atoms with E-state index in [1.807, 2.05) is 0 Å². The second kappa shape index (κ2) is 5.81. The Bertz CT molecular complexity index is 159. The smallest absolute Gasteiger partial charge is 0.327 e. The third-order valence-electron chi connectivity index (χ3n) is 1.67. The van der Waals surface area contributed by atoms with E-state index in [1.165, 1.54) is 6.08 Å². The van der Waals surface area contributed by atoms with Crippen molar-refractivity contribution in [1.82, 2.24) is 0 Å². The van der Waals surface area contributed by atoms with Crippen molar-refractivity contribution >= 4 is 5.97 Å². The number of carboxylic acid groups (broad SMARTS) is 1. The first kappa shape index (κ1) is 11.2. The van der Waals surface area contributed by atoms with Gasteiger partial charge in [0.25, 0.3) is 0 Å². The van der Waals surface area contributed by atoms with Gasteiger partial charge in [-0.3, -0.25) is 0 Å². The second-order valence-corrected chi connectivity index (χ2v) is 3.71. The van der Waals surface area contributed by atoms with E-state index in [2.05, 4.69) is 20.8 Å². The molecule has 0 heterocycles. The minimum Gasteiger partial charge on any atom is -0.478 e. The molecule has 12 heavy (non-hydrogen) atoms. The molecule has 0 spiro atoms. The fraction of sp³-hybridized carbons (Fsp3) is 0.700. The fourth-order valence-corrected chi connectivity index (χ4v) is 1.30. The maximum absolute atomic E-state index is 10.1. The lowest BCUT2D eigenvalue weighted by molar-refractivity contribution is -0.131. The summed E-state index contributed by atoms with van der Waals surface area (Å²) in [6.07, 6.45) is 4.97. The van der Waals surface area contributed by atoms with Crippen LogP contribution in [0, 0.1) is 11.8 Å². The first-order valence-electron chi connectivity index (χ1n) is 4.41. The summed E-state index contributed by atoms with van der Waals surface area (Å²) in [6, 6.07) is 0. The fourth-order valence-electron chi connectivity index (χ4n) is 1.30. The maximum atomic E-state index is 10.1. The van der Waals surface area contributed by atoms with Crippen LogP contribution < -0.4 is 0 Å². The lowest BCUT2D eigenvalue weighted by atomic mass is 9.96.